The number of halogens is 1. The Morgan fingerprint density at radius 2 is 1.37 bits per heavy atom. The summed E-state index contributed by atoms with van der Waals surface area (Å²) in [7, 11) is 1.36. The summed E-state index contributed by atoms with van der Waals surface area (Å²) in [4.78, 5) is 12.1. The zero-order chi connectivity index (χ0) is 19.1. The Bertz CT molecular complexity index is 895. The van der Waals surface area contributed by atoms with Crippen LogP contribution in [-0.2, 0) is 18.0 Å². The van der Waals surface area contributed by atoms with Crippen LogP contribution in [0, 0.1) is 3.57 Å². The maximum atomic E-state index is 12.1. The Hall–Kier alpha value is -2.54. The maximum Gasteiger partial charge on any atom is 0.341 e. The molecule has 0 fully saturated rings. The van der Waals surface area contributed by atoms with Gasteiger partial charge < -0.3 is 14.2 Å². The molecule has 0 amide bonds. The first-order valence-electron chi connectivity index (χ1n) is 8.43. The number of methoxy groups -OCH3 is 1. The number of esters is 1. The van der Waals surface area contributed by atoms with E-state index in [9.17, 15) is 4.79 Å². The summed E-state index contributed by atoms with van der Waals surface area (Å²) in [6.07, 6.45) is 0. The second kappa shape index (κ2) is 9.41. The van der Waals surface area contributed by atoms with Crippen LogP contribution >= 0.6 is 22.6 Å². The molecule has 0 saturated heterocycles. The van der Waals surface area contributed by atoms with E-state index < -0.39 is 5.97 Å². The van der Waals surface area contributed by atoms with Crippen molar-refractivity contribution >= 4 is 28.6 Å². The van der Waals surface area contributed by atoms with Crippen LogP contribution in [0.4, 0.5) is 0 Å². The van der Waals surface area contributed by atoms with Crippen molar-refractivity contribution in [3.8, 4) is 11.5 Å². The number of rotatable bonds is 7. The molecule has 4 nitrogen and oxygen atoms in total. The molecule has 0 saturated carbocycles. The smallest absolute Gasteiger partial charge is 0.341 e. The van der Waals surface area contributed by atoms with E-state index in [0.29, 0.717) is 30.3 Å². The van der Waals surface area contributed by atoms with Gasteiger partial charge >= 0.3 is 5.97 Å². The molecule has 0 radical (unpaired) electrons. The molecule has 0 aromatic heterocycles. The van der Waals surface area contributed by atoms with E-state index in [2.05, 4.69) is 22.6 Å². The number of carbonyl (C=O) groups is 1. The van der Waals surface area contributed by atoms with Crippen LogP contribution in [-0.4, -0.2) is 13.1 Å². The Morgan fingerprint density at radius 3 is 1.93 bits per heavy atom. The summed E-state index contributed by atoms with van der Waals surface area (Å²) < 4.78 is 17.6. The molecule has 0 spiro atoms. The topological polar surface area (TPSA) is 44.8 Å². The lowest BCUT2D eigenvalue weighted by Gasteiger charge is -2.16. The number of hydrogen-bond donors (Lipinski definition) is 0. The van der Waals surface area contributed by atoms with Gasteiger partial charge in [-0.15, -0.1) is 0 Å². The minimum absolute atomic E-state index is 0.350. The highest BCUT2D eigenvalue weighted by Crippen LogP contribution is 2.35. The van der Waals surface area contributed by atoms with Crippen LogP contribution in [0.3, 0.4) is 0 Å². The van der Waals surface area contributed by atoms with Crippen LogP contribution in [0.2, 0.25) is 0 Å². The van der Waals surface area contributed by atoms with Gasteiger partial charge in [0.25, 0.3) is 0 Å². The summed E-state index contributed by atoms with van der Waals surface area (Å²) in [5.41, 5.74) is 2.46. The van der Waals surface area contributed by atoms with Crippen molar-refractivity contribution in [2.75, 3.05) is 7.11 Å². The van der Waals surface area contributed by atoms with Crippen molar-refractivity contribution in [1.29, 1.82) is 0 Å². The predicted molar refractivity (Wildman–Crippen MR) is 112 cm³/mol. The Kier molecular flexibility index (Phi) is 6.70. The highest BCUT2D eigenvalue weighted by atomic mass is 127. The monoisotopic (exact) mass is 474 g/mol. The molecule has 0 aliphatic heterocycles. The minimum atomic E-state index is -0.439. The summed E-state index contributed by atoms with van der Waals surface area (Å²) in [6, 6.07) is 23.2. The van der Waals surface area contributed by atoms with Crippen molar-refractivity contribution in [2.24, 2.45) is 0 Å². The maximum absolute atomic E-state index is 12.1. The predicted octanol–water partition coefficient (Wildman–Crippen LogP) is 5.24. The summed E-state index contributed by atoms with van der Waals surface area (Å²) >= 11 is 2.14. The van der Waals surface area contributed by atoms with E-state index in [0.717, 1.165) is 14.7 Å². The first kappa shape index (κ1) is 19.2. The number of benzene rings is 3. The first-order valence-corrected chi connectivity index (χ1v) is 9.51. The highest BCUT2D eigenvalue weighted by Gasteiger charge is 2.20. The van der Waals surface area contributed by atoms with Gasteiger partial charge in [0.1, 0.15) is 24.5 Å². The Morgan fingerprint density at radius 1 is 0.815 bits per heavy atom. The summed E-state index contributed by atoms with van der Waals surface area (Å²) in [5.74, 6) is 0.692. The number of carbonyl (C=O) groups excluding carboxylic acids is 1. The molecule has 27 heavy (non-hydrogen) atoms. The van der Waals surface area contributed by atoms with Gasteiger partial charge in [-0.25, -0.2) is 4.79 Å². The minimum Gasteiger partial charge on any atom is -0.488 e. The van der Waals surface area contributed by atoms with E-state index >= 15 is 0 Å². The molecule has 0 heterocycles. The van der Waals surface area contributed by atoms with Crippen LogP contribution in [0.25, 0.3) is 0 Å². The second-order valence-electron chi connectivity index (χ2n) is 5.79. The summed E-state index contributed by atoms with van der Waals surface area (Å²) in [6.45, 7) is 0.787. The van der Waals surface area contributed by atoms with Gasteiger partial charge in [-0.1, -0.05) is 60.7 Å². The Balaban J connectivity index is 1.84. The SMILES string of the molecule is COC(=O)c1ccc(OCc2ccccc2)c(I)c1OCc1ccccc1. The molecule has 0 atom stereocenters. The molecule has 3 aromatic carbocycles. The van der Waals surface area contributed by atoms with Crippen molar-refractivity contribution in [3.63, 3.8) is 0 Å². The van der Waals surface area contributed by atoms with Crippen LogP contribution in [0.5, 0.6) is 11.5 Å². The normalized spacial score (nSPS) is 10.3. The largest absolute Gasteiger partial charge is 0.488 e. The van der Waals surface area contributed by atoms with E-state index in [1.165, 1.54) is 7.11 Å². The van der Waals surface area contributed by atoms with Crippen LogP contribution < -0.4 is 9.47 Å². The lowest BCUT2D eigenvalue weighted by Crippen LogP contribution is -2.08. The third-order valence-electron chi connectivity index (χ3n) is 3.93. The number of hydrogen-bond acceptors (Lipinski definition) is 4. The molecule has 0 aliphatic carbocycles. The molecule has 0 unspecified atom stereocenters. The number of ether oxygens (including phenoxy) is 3. The van der Waals surface area contributed by atoms with E-state index in [1.807, 2.05) is 60.7 Å². The molecule has 3 rings (SSSR count). The van der Waals surface area contributed by atoms with Crippen molar-refractivity contribution in [3.05, 3.63) is 93.1 Å². The van der Waals surface area contributed by atoms with Crippen molar-refractivity contribution in [2.45, 2.75) is 13.2 Å². The molecular weight excluding hydrogens is 455 g/mol. The first-order chi connectivity index (χ1) is 13.2. The van der Waals surface area contributed by atoms with Crippen molar-refractivity contribution < 1.29 is 19.0 Å². The Labute approximate surface area is 172 Å². The second-order valence-corrected chi connectivity index (χ2v) is 6.87. The van der Waals surface area contributed by atoms with Crippen LogP contribution in [0.15, 0.2) is 72.8 Å². The van der Waals surface area contributed by atoms with Gasteiger partial charge in [0.15, 0.2) is 5.75 Å². The van der Waals surface area contributed by atoms with E-state index in [4.69, 9.17) is 14.2 Å². The molecule has 3 aromatic rings. The van der Waals surface area contributed by atoms with Crippen molar-refractivity contribution in [1.82, 2.24) is 0 Å². The fourth-order valence-corrected chi connectivity index (χ4v) is 3.31. The van der Waals surface area contributed by atoms with Gasteiger partial charge in [0, 0.05) is 0 Å². The van der Waals surface area contributed by atoms with Gasteiger partial charge in [-0.3, -0.25) is 0 Å². The molecule has 5 heteroatoms. The van der Waals surface area contributed by atoms with Gasteiger partial charge in [-0.05, 0) is 45.9 Å². The van der Waals surface area contributed by atoms with E-state index in [-0.39, 0.29) is 0 Å². The standard InChI is InChI=1S/C22H19IO4/c1-25-22(24)18-12-13-19(26-14-16-8-4-2-5-9-16)20(23)21(18)27-15-17-10-6-3-7-11-17/h2-13H,14-15H2,1H3. The van der Waals surface area contributed by atoms with Gasteiger partial charge in [0.05, 0.1) is 10.7 Å². The molecule has 0 aliphatic rings. The molecule has 0 bridgehead atoms. The zero-order valence-corrected chi connectivity index (χ0v) is 17.0. The third kappa shape index (κ3) is 5.01. The van der Waals surface area contributed by atoms with Crippen LogP contribution in [0.1, 0.15) is 21.5 Å². The third-order valence-corrected chi connectivity index (χ3v) is 4.95. The summed E-state index contributed by atoms with van der Waals surface area (Å²) in [5, 5.41) is 0. The molecular formula is C22H19IO4. The van der Waals surface area contributed by atoms with Gasteiger partial charge in [0.2, 0.25) is 0 Å². The van der Waals surface area contributed by atoms with Gasteiger partial charge in [-0.2, -0.15) is 0 Å². The average molecular weight is 474 g/mol. The van der Waals surface area contributed by atoms with E-state index in [1.54, 1.807) is 12.1 Å². The fourth-order valence-electron chi connectivity index (χ4n) is 2.53. The zero-order valence-electron chi connectivity index (χ0n) is 14.9. The fraction of sp³-hybridized carbons (Fsp3) is 0.136. The highest BCUT2D eigenvalue weighted by molar-refractivity contribution is 14.1. The molecule has 138 valence electrons. The average Bonchev–Trinajstić information content (AvgIpc) is 2.72. The lowest BCUT2D eigenvalue weighted by molar-refractivity contribution is 0.0595. The quantitative estimate of drug-likeness (QED) is 0.347. The lowest BCUT2D eigenvalue weighted by atomic mass is 10.2. The molecule has 0 N–H and O–H groups in total.